The Hall–Kier alpha value is -3.29. The molecular weight excluding hydrogens is 449 g/mol. The summed E-state index contributed by atoms with van der Waals surface area (Å²) in [6, 6.07) is 14.5. The normalized spacial score (nSPS) is 10.9. The lowest BCUT2D eigenvalue weighted by atomic mass is 10.1. The number of hydrogen-bond donors (Lipinski definition) is 2. The van der Waals surface area contributed by atoms with Crippen molar-refractivity contribution in [3.05, 3.63) is 81.2 Å². The van der Waals surface area contributed by atoms with Crippen molar-refractivity contribution in [3.63, 3.8) is 0 Å². The Morgan fingerprint density at radius 2 is 1.88 bits per heavy atom. The van der Waals surface area contributed by atoms with Gasteiger partial charge in [-0.2, -0.15) is 10.2 Å². The molecule has 0 aliphatic carbocycles. The Balaban J connectivity index is 1.52. The zero-order valence-corrected chi connectivity index (χ0v) is 19.3. The van der Waals surface area contributed by atoms with Crippen LogP contribution in [0, 0.1) is 13.8 Å². The SMILES string of the molecule is COc1ccc(-c2cc(C(=O)Nc3c(C)nn(Cc4ccc(Cl)cc4Cl)c3C)[nH]n2)cc1. The molecule has 9 heteroatoms. The first-order valence-corrected chi connectivity index (χ1v) is 10.6. The molecule has 0 saturated heterocycles. The summed E-state index contributed by atoms with van der Waals surface area (Å²) in [5.74, 6) is 0.456. The van der Waals surface area contributed by atoms with Crippen LogP contribution < -0.4 is 10.1 Å². The number of nitrogens with zero attached hydrogens (tertiary/aromatic N) is 3. The summed E-state index contributed by atoms with van der Waals surface area (Å²) in [4.78, 5) is 12.8. The van der Waals surface area contributed by atoms with E-state index in [-0.39, 0.29) is 5.91 Å². The zero-order chi connectivity index (χ0) is 22.8. The number of nitrogens with one attached hydrogen (secondary N) is 2. The van der Waals surface area contributed by atoms with E-state index in [0.29, 0.717) is 39.4 Å². The van der Waals surface area contributed by atoms with Crippen molar-refractivity contribution in [2.75, 3.05) is 12.4 Å². The van der Waals surface area contributed by atoms with Gasteiger partial charge in [0, 0.05) is 15.6 Å². The highest BCUT2D eigenvalue weighted by Crippen LogP contribution is 2.26. The number of amides is 1. The maximum atomic E-state index is 12.8. The second-order valence-corrected chi connectivity index (χ2v) is 8.13. The summed E-state index contributed by atoms with van der Waals surface area (Å²) in [5, 5.41) is 15.7. The van der Waals surface area contributed by atoms with Gasteiger partial charge in [0.05, 0.1) is 36.4 Å². The number of ether oxygens (including phenoxy) is 1. The molecule has 1 amide bonds. The van der Waals surface area contributed by atoms with E-state index in [1.807, 2.05) is 44.2 Å². The molecular formula is C23H21Cl2N5O2. The van der Waals surface area contributed by atoms with Crippen molar-refractivity contribution in [1.29, 1.82) is 0 Å². The van der Waals surface area contributed by atoms with E-state index >= 15 is 0 Å². The Labute approximate surface area is 195 Å². The van der Waals surface area contributed by atoms with E-state index in [2.05, 4.69) is 20.6 Å². The third-order valence-corrected chi connectivity index (χ3v) is 5.75. The van der Waals surface area contributed by atoms with Gasteiger partial charge in [0.25, 0.3) is 5.91 Å². The van der Waals surface area contributed by atoms with E-state index < -0.39 is 0 Å². The minimum absolute atomic E-state index is 0.299. The van der Waals surface area contributed by atoms with Gasteiger partial charge in [-0.15, -0.1) is 0 Å². The number of carbonyl (C=O) groups is 1. The van der Waals surface area contributed by atoms with Gasteiger partial charge in [-0.3, -0.25) is 14.6 Å². The van der Waals surface area contributed by atoms with Crippen molar-refractivity contribution in [1.82, 2.24) is 20.0 Å². The van der Waals surface area contributed by atoms with Gasteiger partial charge in [-0.05, 0) is 61.9 Å². The van der Waals surface area contributed by atoms with Crippen LogP contribution in [0.15, 0.2) is 48.5 Å². The summed E-state index contributed by atoms with van der Waals surface area (Å²) in [6.45, 7) is 4.21. The highest BCUT2D eigenvalue weighted by molar-refractivity contribution is 6.35. The first-order valence-electron chi connectivity index (χ1n) is 9.85. The van der Waals surface area contributed by atoms with Crippen LogP contribution >= 0.6 is 23.2 Å². The maximum absolute atomic E-state index is 12.8. The lowest BCUT2D eigenvalue weighted by Crippen LogP contribution is -2.14. The first kappa shape index (κ1) is 21.9. The number of anilines is 1. The number of H-pyrrole nitrogens is 1. The van der Waals surface area contributed by atoms with Gasteiger partial charge in [-0.25, -0.2) is 0 Å². The number of benzene rings is 2. The molecule has 4 aromatic rings. The first-order chi connectivity index (χ1) is 15.4. The van der Waals surface area contributed by atoms with E-state index in [0.717, 1.165) is 22.6 Å². The van der Waals surface area contributed by atoms with E-state index in [1.165, 1.54) is 0 Å². The largest absolute Gasteiger partial charge is 0.497 e. The molecule has 32 heavy (non-hydrogen) atoms. The van der Waals surface area contributed by atoms with Gasteiger partial charge in [0.2, 0.25) is 0 Å². The molecule has 0 atom stereocenters. The summed E-state index contributed by atoms with van der Waals surface area (Å²) in [5.41, 5.74) is 4.95. The van der Waals surface area contributed by atoms with Gasteiger partial charge in [-0.1, -0.05) is 29.3 Å². The number of rotatable bonds is 6. The highest BCUT2D eigenvalue weighted by atomic mass is 35.5. The highest BCUT2D eigenvalue weighted by Gasteiger charge is 2.18. The molecule has 2 aromatic heterocycles. The number of methoxy groups -OCH3 is 1. The van der Waals surface area contributed by atoms with Crippen LogP contribution in [-0.4, -0.2) is 33.0 Å². The maximum Gasteiger partial charge on any atom is 0.273 e. The van der Waals surface area contributed by atoms with Crippen LogP contribution in [0.4, 0.5) is 5.69 Å². The molecule has 0 bridgehead atoms. The molecule has 0 spiro atoms. The molecule has 0 aliphatic rings. The van der Waals surface area contributed by atoms with Crippen LogP contribution in [0.1, 0.15) is 27.4 Å². The number of hydrogen-bond acceptors (Lipinski definition) is 4. The lowest BCUT2D eigenvalue weighted by Gasteiger charge is -2.08. The van der Waals surface area contributed by atoms with Crippen molar-refractivity contribution in [2.24, 2.45) is 0 Å². The molecule has 0 unspecified atom stereocenters. The van der Waals surface area contributed by atoms with Crippen molar-refractivity contribution in [3.8, 4) is 17.0 Å². The number of aryl methyl sites for hydroxylation is 1. The minimum atomic E-state index is -0.299. The summed E-state index contributed by atoms with van der Waals surface area (Å²) in [6.07, 6.45) is 0. The van der Waals surface area contributed by atoms with Crippen molar-refractivity contribution < 1.29 is 9.53 Å². The van der Waals surface area contributed by atoms with Gasteiger partial charge < -0.3 is 10.1 Å². The van der Waals surface area contributed by atoms with Crippen molar-refractivity contribution >= 4 is 34.8 Å². The molecule has 0 fully saturated rings. The standard InChI is InChI=1S/C23H21Cl2N5O2/c1-13-22(14(2)30(29-13)12-16-4-7-17(24)10-19(16)25)26-23(31)21-11-20(27-28-21)15-5-8-18(32-3)9-6-15/h4-11H,12H2,1-3H3,(H,26,31)(H,27,28). The van der Waals surface area contributed by atoms with Gasteiger partial charge >= 0.3 is 0 Å². The fraction of sp³-hybridized carbons (Fsp3) is 0.174. The fourth-order valence-electron chi connectivity index (χ4n) is 3.37. The second kappa shape index (κ2) is 9.06. The van der Waals surface area contributed by atoms with E-state index in [1.54, 1.807) is 30.0 Å². The average molecular weight is 470 g/mol. The minimum Gasteiger partial charge on any atom is -0.497 e. The van der Waals surface area contributed by atoms with Gasteiger partial charge in [0.1, 0.15) is 11.4 Å². The number of aromatic nitrogens is 4. The molecule has 4 rings (SSSR count). The molecule has 0 aliphatic heterocycles. The Bertz CT molecular complexity index is 1280. The van der Waals surface area contributed by atoms with Crippen LogP contribution in [-0.2, 0) is 6.54 Å². The topological polar surface area (TPSA) is 84.8 Å². The summed E-state index contributed by atoms with van der Waals surface area (Å²) < 4.78 is 6.98. The third-order valence-electron chi connectivity index (χ3n) is 5.16. The summed E-state index contributed by atoms with van der Waals surface area (Å²) in [7, 11) is 1.61. The Morgan fingerprint density at radius 1 is 1.12 bits per heavy atom. The second-order valence-electron chi connectivity index (χ2n) is 7.29. The average Bonchev–Trinajstić information content (AvgIpc) is 3.37. The van der Waals surface area contributed by atoms with Crippen LogP contribution in [0.25, 0.3) is 11.3 Å². The number of aromatic amines is 1. The van der Waals surface area contributed by atoms with E-state index in [9.17, 15) is 4.79 Å². The Kier molecular flexibility index (Phi) is 6.21. The summed E-state index contributed by atoms with van der Waals surface area (Å²) >= 11 is 12.3. The number of halogens is 2. The molecule has 164 valence electrons. The smallest absolute Gasteiger partial charge is 0.273 e. The van der Waals surface area contributed by atoms with Crippen LogP contribution in [0.2, 0.25) is 10.0 Å². The molecule has 2 heterocycles. The van der Waals surface area contributed by atoms with E-state index in [4.69, 9.17) is 27.9 Å². The number of carbonyl (C=O) groups excluding carboxylic acids is 1. The zero-order valence-electron chi connectivity index (χ0n) is 17.7. The van der Waals surface area contributed by atoms with Crippen LogP contribution in [0.3, 0.4) is 0 Å². The molecule has 2 N–H and O–H groups in total. The monoisotopic (exact) mass is 469 g/mol. The van der Waals surface area contributed by atoms with Gasteiger partial charge in [0.15, 0.2) is 0 Å². The van der Waals surface area contributed by atoms with Crippen LogP contribution in [0.5, 0.6) is 5.75 Å². The predicted molar refractivity (Wildman–Crippen MR) is 126 cm³/mol. The quantitative estimate of drug-likeness (QED) is 0.390. The molecule has 0 radical (unpaired) electrons. The Morgan fingerprint density at radius 3 is 2.56 bits per heavy atom. The lowest BCUT2D eigenvalue weighted by molar-refractivity contribution is 0.102. The predicted octanol–water partition coefficient (Wildman–Crippen LogP) is 5.51. The molecule has 7 nitrogen and oxygen atoms in total. The molecule has 2 aromatic carbocycles. The third kappa shape index (κ3) is 4.49. The molecule has 0 saturated carbocycles. The van der Waals surface area contributed by atoms with Crippen molar-refractivity contribution in [2.45, 2.75) is 20.4 Å². The fourth-order valence-corrected chi connectivity index (χ4v) is 3.84.